The van der Waals surface area contributed by atoms with Gasteiger partial charge < -0.3 is 10.0 Å². The van der Waals surface area contributed by atoms with Gasteiger partial charge in [-0.3, -0.25) is 4.79 Å². The Morgan fingerprint density at radius 2 is 1.56 bits per heavy atom. The van der Waals surface area contributed by atoms with Gasteiger partial charge in [-0.15, -0.1) is 0 Å². The number of carbonyl (C=O) groups excluding carboxylic acids is 1. The summed E-state index contributed by atoms with van der Waals surface area (Å²) < 4.78 is 0. The lowest BCUT2D eigenvalue weighted by Gasteiger charge is -2.17. The normalized spacial score (nSPS) is 13.0. The Balaban J connectivity index is 1.39. The number of nitrogens with zero attached hydrogens (tertiary/aromatic N) is 2. The van der Waals surface area contributed by atoms with Gasteiger partial charge in [0.05, 0.1) is 6.21 Å². The maximum Gasteiger partial charge on any atom is 0.271 e. The zero-order valence-corrected chi connectivity index (χ0v) is 14.7. The summed E-state index contributed by atoms with van der Waals surface area (Å²) in [6, 6.07) is 22.7. The van der Waals surface area contributed by atoms with Crippen LogP contribution in [0.5, 0.6) is 5.75 Å². The van der Waals surface area contributed by atoms with Gasteiger partial charge >= 0.3 is 0 Å². The van der Waals surface area contributed by atoms with Crippen molar-refractivity contribution < 1.29 is 9.90 Å². The molecule has 0 unspecified atom stereocenters. The summed E-state index contributed by atoms with van der Waals surface area (Å²) in [7, 11) is 0. The highest BCUT2D eigenvalue weighted by atomic mass is 16.3. The van der Waals surface area contributed by atoms with Crippen LogP contribution in [0.3, 0.4) is 0 Å². The molecule has 2 N–H and O–H groups in total. The van der Waals surface area contributed by atoms with Crippen LogP contribution in [0.2, 0.25) is 0 Å². The Bertz CT molecular complexity index is 971. The number of amides is 1. The largest absolute Gasteiger partial charge is 0.507 e. The average molecular weight is 357 g/mol. The van der Waals surface area contributed by atoms with Gasteiger partial charge in [0.1, 0.15) is 5.75 Å². The predicted molar refractivity (Wildman–Crippen MR) is 106 cm³/mol. The highest BCUT2D eigenvalue weighted by Gasteiger charge is 2.18. The summed E-state index contributed by atoms with van der Waals surface area (Å²) >= 11 is 0. The van der Waals surface area contributed by atoms with Crippen LogP contribution >= 0.6 is 0 Å². The van der Waals surface area contributed by atoms with Gasteiger partial charge in [-0.2, -0.15) is 5.10 Å². The van der Waals surface area contributed by atoms with E-state index in [2.05, 4.69) is 39.7 Å². The quantitative estimate of drug-likeness (QED) is 0.553. The van der Waals surface area contributed by atoms with Crippen LogP contribution in [0.1, 0.15) is 27.0 Å². The molecule has 0 saturated carbocycles. The third-order valence-electron chi connectivity index (χ3n) is 4.64. The molecule has 1 aliphatic heterocycles. The molecule has 0 atom stereocenters. The second kappa shape index (κ2) is 7.33. The fraction of sp³-hybridized carbons (Fsp3) is 0.0909. The Labute approximate surface area is 157 Å². The molecule has 1 amide bonds. The highest BCUT2D eigenvalue weighted by Crippen LogP contribution is 2.28. The van der Waals surface area contributed by atoms with Crippen molar-refractivity contribution in [3.8, 4) is 5.75 Å². The molecule has 5 nitrogen and oxygen atoms in total. The topological polar surface area (TPSA) is 64.9 Å². The van der Waals surface area contributed by atoms with Crippen LogP contribution in [-0.2, 0) is 13.1 Å². The lowest BCUT2D eigenvalue weighted by Crippen LogP contribution is -2.18. The van der Waals surface area contributed by atoms with Gasteiger partial charge in [0.15, 0.2) is 0 Å². The molecule has 0 radical (unpaired) electrons. The smallest absolute Gasteiger partial charge is 0.271 e. The van der Waals surface area contributed by atoms with E-state index in [1.165, 1.54) is 17.3 Å². The number of phenolic OH excluding ortho intramolecular Hbond substituents is 1. The summed E-state index contributed by atoms with van der Waals surface area (Å²) in [4.78, 5) is 14.5. The van der Waals surface area contributed by atoms with Crippen LogP contribution in [0.25, 0.3) is 0 Å². The summed E-state index contributed by atoms with van der Waals surface area (Å²) in [6.07, 6.45) is 1.42. The van der Waals surface area contributed by atoms with Crippen molar-refractivity contribution in [3.63, 3.8) is 0 Å². The van der Waals surface area contributed by atoms with Gasteiger partial charge in [-0.05, 0) is 47.5 Å². The van der Waals surface area contributed by atoms with E-state index in [0.29, 0.717) is 11.1 Å². The molecule has 0 spiro atoms. The van der Waals surface area contributed by atoms with Crippen molar-refractivity contribution >= 4 is 17.8 Å². The number of anilines is 1. The molecule has 27 heavy (non-hydrogen) atoms. The van der Waals surface area contributed by atoms with Gasteiger partial charge in [-0.25, -0.2) is 5.43 Å². The first-order valence-corrected chi connectivity index (χ1v) is 8.74. The molecule has 4 rings (SSSR count). The Morgan fingerprint density at radius 1 is 0.926 bits per heavy atom. The zero-order valence-electron chi connectivity index (χ0n) is 14.7. The SMILES string of the molecule is O=C(NN=Cc1ccccc1O)c1ccc(N2Cc3ccccc3C2)cc1. The molecule has 3 aromatic rings. The first-order chi connectivity index (χ1) is 13.2. The maximum absolute atomic E-state index is 12.2. The van der Waals surface area contributed by atoms with Gasteiger partial charge in [0, 0.05) is 29.9 Å². The van der Waals surface area contributed by atoms with E-state index in [1.807, 2.05) is 12.1 Å². The lowest BCUT2D eigenvalue weighted by molar-refractivity contribution is 0.0955. The van der Waals surface area contributed by atoms with Crippen molar-refractivity contribution in [2.75, 3.05) is 4.90 Å². The maximum atomic E-state index is 12.2. The van der Waals surface area contributed by atoms with E-state index >= 15 is 0 Å². The number of rotatable bonds is 4. The molecule has 134 valence electrons. The molecular formula is C22H19N3O2. The van der Waals surface area contributed by atoms with Crippen molar-refractivity contribution in [2.45, 2.75) is 13.1 Å². The van der Waals surface area contributed by atoms with Crippen LogP contribution in [0, 0.1) is 0 Å². The van der Waals surface area contributed by atoms with E-state index in [1.54, 1.807) is 36.4 Å². The number of hydrogen-bond acceptors (Lipinski definition) is 4. The van der Waals surface area contributed by atoms with Crippen LogP contribution in [-0.4, -0.2) is 17.2 Å². The van der Waals surface area contributed by atoms with E-state index in [0.717, 1.165) is 18.8 Å². The molecule has 0 saturated heterocycles. The summed E-state index contributed by atoms with van der Waals surface area (Å²) in [5, 5.41) is 13.6. The molecule has 1 aliphatic rings. The minimum Gasteiger partial charge on any atom is -0.507 e. The van der Waals surface area contributed by atoms with Crippen molar-refractivity contribution in [2.24, 2.45) is 5.10 Å². The summed E-state index contributed by atoms with van der Waals surface area (Å²) in [6.45, 7) is 1.76. The summed E-state index contributed by atoms with van der Waals surface area (Å²) in [5.74, 6) is -0.176. The second-order valence-electron chi connectivity index (χ2n) is 6.43. The first kappa shape index (κ1) is 16.8. The van der Waals surface area contributed by atoms with E-state index in [-0.39, 0.29) is 11.7 Å². The lowest BCUT2D eigenvalue weighted by atomic mass is 10.1. The number of fused-ring (bicyclic) bond motifs is 1. The molecule has 0 fully saturated rings. The number of para-hydroxylation sites is 1. The first-order valence-electron chi connectivity index (χ1n) is 8.74. The molecular weight excluding hydrogens is 338 g/mol. The fourth-order valence-corrected chi connectivity index (χ4v) is 3.16. The van der Waals surface area contributed by atoms with Crippen LogP contribution < -0.4 is 10.3 Å². The monoisotopic (exact) mass is 357 g/mol. The number of hydrazone groups is 1. The summed E-state index contributed by atoms with van der Waals surface area (Å²) in [5.41, 5.74) is 7.33. The van der Waals surface area contributed by atoms with E-state index < -0.39 is 0 Å². The molecule has 0 aromatic heterocycles. The Morgan fingerprint density at radius 3 is 2.22 bits per heavy atom. The number of aromatic hydroxyl groups is 1. The fourth-order valence-electron chi connectivity index (χ4n) is 3.16. The average Bonchev–Trinajstić information content (AvgIpc) is 3.14. The number of benzene rings is 3. The third kappa shape index (κ3) is 3.67. The van der Waals surface area contributed by atoms with Crippen molar-refractivity contribution in [1.29, 1.82) is 0 Å². The number of hydrogen-bond donors (Lipinski definition) is 2. The van der Waals surface area contributed by atoms with Gasteiger partial charge in [-0.1, -0.05) is 36.4 Å². The second-order valence-corrected chi connectivity index (χ2v) is 6.43. The number of nitrogens with one attached hydrogen (secondary N) is 1. The predicted octanol–water partition coefficient (Wildman–Crippen LogP) is 3.68. The molecule has 3 aromatic carbocycles. The molecule has 0 bridgehead atoms. The Hall–Kier alpha value is -3.60. The number of phenols is 1. The van der Waals surface area contributed by atoms with Crippen molar-refractivity contribution in [1.82, 2.24) is 5.43 Å². The number of carbonyl (C=O) groups is 1. The third-order valence-corrected chi connectivity index (χ3v) is 4.64. The van der Waals surface area contributed by atoms with Crippen LogP contribution in [0.15, 0.2) is 77.9 Å². The molecule has 0 aliphatic carbocycles. The van der Waals surface area contributed by atoms with E-state index in [9.17, 15) is 9.90 Å². The van der Waals surface area contributed by atoms with Gasteiger partial charge in [0.2, 0.25) is 0 Å². The molecule has 5 heteroatoms. The standard InChI is InChI=1S/C22H19N3O2/c26-21-8-4-3-5-17(21)13-23-24-22(27)16-9-11-20(12-10-16)25-14-18-6-1-2-7-19(18)15-25/h1-13,26H,14-15H2,(H,24,27). The highest BCUT2D eigenvalue weighted by molar-refractivity contribution is 5.95. The van der Waals surface area contributed by atoms with Gasteiger partial charge in [0.25, 0.3) is 5.91 Å². The van der Waals surface area contributed by atoms with Crippen LogP contribution in [0.4, 0.5) is 5.69 Å². The van der Waals surface area contributed by atoms with E-state index in [4.69, 9.17) is 0 Å². The van der Waals surface area contributed by atoms with Crippen molar-refractivity contribution in [3.05, 3.63) is 95.1 Å². The Kier molecular flexibility index (Phi) is 4.58. The minimum absolute atomic E-state index is 0.117. The zero-order chi connectivity index (χ0) is 18.6. The minimum atomic E-state index is -0.294. The molecule has 1 heterocycles.